The molecule has 0 atom stereocenters. The molecule has 2 aromatic rings. The molecule has 0 saturated carbocycles. The number of hydrogen-bond acceptors (Lipinski definition) is 1. The average molecular weight is 244 g/mol. The van der Waals surface area contributed by atoms with Crippen LogP contribution in [0.2, 0.25) is 0 Å². The number of aromatic nitrogens is 1. The summed E-state index contributed by atoms with van der Waals surface area (Å²) >= 11 is 0. The van der Waals surface area contributed by atoms with Gasteiger partial charge in [0.15, 0.2) is 0 Å². The fourth-order valence-electron chi connectivity index (χ4n) is 2.52. The van der Waals surface area contributed by atoms with Crippen molar-refractivity contribution in [3.8, 4) is 0 Å². The molecule has 0 saturated heterocycles. The highest BCUT2D eigenvalue weighted by Crippen LogP contribution is 2.20. The minimum atomic E-state index is 1.14. The van der Waals surface area contributed by atoms with Gasteiger partial charge in [-0.15, -0.1) is 0 Å². The average Bonchev–Trinajstić information content (AvgIpc) is 2.77. The fraction of sp³-hybridized carbons (Fsp3) is 0.500. The van der Waals surface area contributed by atoms with E-state index in [1.165, 1.54) is 35.0 Å². The topological polar surface area (TPSA) is 19.0 Å². The minimum absolute atomic E-state index is 1.14. The van der Waals surface area contributed by atoms with Crippen LogP contribution in [0.3, 0.4) is 0 Å². The van der Waals surface area contributed by atoms with Crippen molar-refractivity contribution in [2.45, 2.75) is 33.6 Å². The molecule has 1 N–H and O–H groups in total. The molecule has 0 fully saturated rings. The van der Waals surface area contributed by atoms with E-state index in [9.17, 15) is 0 Å². The summed E-state index contributed by atoms with van der Waals surface area (Å²) in [7, 11) is 0. The van der Waals surface area contributed by atoms with E-state index in [-0.39, 0.29) is 0 Å². The lowest BCUT2D eigenvalue weighted by Gasteiger charge is -2.19. The van der Waals surface area contributed by atoms with Gasteiger partial charge in [0.05, 0.1) is 0 Å². The van der Waals surface area contributed by atoms with Crippen molar-refractivity contribution >= 4 is 10.9 Å². The van der Waals surface area contributed by atoms with Gasteiger partial charge in [0, 0.05) is 23.6 Å². The first kappa shape index (κ1) is 13.2. The number of H-pyrrole nitrogens is 1. The number of nitrogens with zero attached hydrogens (tertiary/aromatic N) is 1. The zero-order valence-electron chi connectivity index (χ0n) is 11.8. The van der Waals surface area contributed by atoms with Crippen LogP contribution < -0.4 is 0 Å². The molecule has 1 heterocycles. The third-order valence-electron chi connectivity index (χ3n) is 3.61. The highest BCUT2D eigenvalue weighted by Gasteiger charge is 2.06. The van der Waals surface area contributed by atoms with Crippen LogP contribution in [-0.4, -0.2) is 29.5 Å². The summed E-state index contributed by atoms with van der Waals surface area (Å²) < 4.78 is 0. The van der Waals surface area contributed by atoms with E-state index < -0.39 is 0 Å². The molecular formula is C16H24N2. The Morgan fingerprint density at radius 2 is 2.00 bits per heavy atom. The quantitative estimate of drug-likeness (QED) is 0.820. The van der Waals surface area contributed by atoms with Crippen molar-refractivity contribution in [1.29, 1.82) is 0 Å². The van der Waals surface area contributed by atoms with Crippen LogP contribution in [-0.2, 0) is 6.42 Å². The van der Waals surface area contributed by atoms with Gasteiger partial charge in [0.25, 0.3) is 0 Å². The summed E-state index contributed by atoms with van der Waals surface area (Å²) in [5.41, 5.74) is 4.04. The Labute approximate surface area is 110 Å². The van der Waals surface area contributed by atoms with Gasteiger partial charge in [-0.1, -0.05) is 25.5 Å². The van der Waals surface area contributed by atoms with Crippen molar-refractivity contribution in [3.63, 3.8) is 0 Å². The van der Waals surface area contributed by atoms with Crippen LogP contribution in [0.15, 0.2) is 24.4 Å². The third kappa shape index (κ3) is 2.94. The lowest BCUT2D eigenvalue weighted by Crippen LogP contribution is -2.26. The van der Waals surface area contributed by atoms with Gasteiger partial charge in [-0.25, -0.2) is 0 Å². The van der Waals surface area contributed by atoms with Crippen molar-refractivity contribution in [2.75, 3.05) is 19.6 Å². The summed E-state index contributed by atoms with van der Waals surface area (Å²) in [6, 6.07) is 6.63. The molecule has 2 heteroatoms. The maximum absolute atomic E-state index is 3.37. The number of benzene rings is 1. The number of aryl methyl sites for hydroxylation is 1. The zero-order valence-corrected chi connectivity index (χ0v) is 11.8. The second-order valence-electron chi connectivity index (χ2n) is 5.05. The van der Waals surface area contributed by atoms with E-state index in [0.29, 0.717) is 0 Å². The van der Waals surface area contributed by atoms with E-state index in [1.807, 2.05) is 0 Å². The number of aromatic amines is 1. The highest BCUT2D eigenvalue weighted by molar-refractivity contribution is 5.83. The largest absolute Gasteiger partial charge is 0.361 e. The van der Waals surface area contributed by atoms with Gasteiger partial charge >= 0.3 is 0 Å². The van der Waals surface area contributed by atoms with E-state index in [1.54, 1.807) is 0 Å². The van der Waals surface area contributed by atoms with E-state index in [2.05, 4.69) is 55.1 Å². The lowest BCUT2D eigenvalue weighted by molar-refractivity contribution is 0.293. The van der Waals surface area contributed by atoms with Crippen molar-refractivity contribution < 1.29 is 0 Å². The number of rotatable bonds is 6. The van der Waals surface area contributed by atoms with Crippen LogP contribution in [0, 0.1) is 6.92 Å². The van der Waals surface area contributed by atoms with Gasteiger partial charge in [0.1, 0.15) is 0 Å². The maximum Gasteiger partial charge on any atom is 0.0456 e. The molecule has 18 heavy (non-hydrogen) atoms. The zero-order chi connectivity index (χ0) is 13.0. The molecule has 0 aliphatic rings. The smallest absolute Gasteiger partial charge is 0.0456 e. The predicted octanol–water partition coefficient (Wildman–Crippen LogP) is 3.75. The number of likely N-dealkylation sites (N-methyl/N-ethyl adjacent to an activating group) is 1. The van der Waals surface area contributed by atoms with Gasteiger partial charge in [-0.2, -0.15) is 0 Å². The van der Waals surface area contributed by atoms with Gasteiger partial charge in [0.2, 0.25) is 0 Å². The van der Waals surface area contributed by atoms with E-state index in [4.69, 9.17) is 0 Å². The monoisotopic (exact) mass is 244 g/mol. The Morgan fingerprint density at radius 3 is 2.72 bits per heavy atom. The Balaban J connectivity index is 2.09. The summed E-state index contributed by atoms with van der Waals surface area (Å²) in [6.45, 7) is 10.2. The van der Waals surface area contributed by atoms with Crippen molar-refractivity contribution in [2.24, 2.45) is 0 Å². The van der Waals surface area contributed by atoms with Gasteiger partial charge in [-0.05, 0) is 50.6 Å². The first-order valence-corrected chi connectivity index (χ1v) is 7.03. The molecule has 0 spiro atoms. The van der Waals surface area contributed by atoms with E-state index in [0.717, 1.165) is 19.5 Å². The van der Waals surface area contributed by atoms with Crippen LogP contribution >= 0.6 is 0 Å². The summed E-state index contributed by atoms with van der Waals surface area (Å²) in [6.07, 6.45) is 4.54. The Hall–Kier alpha value is -1.28. The molecule has 0 aliphatic carbocycles. The minimum Gasteiger partial charge on any atom is -0.361 e. The van der Waals surface area contributed by atoms with Gasteiger partial charge < -0.3 is 9.88 Å². The maximum atomic E-state index is 3.37. The van der Waals surface area contributed by atoms with Gasteiger partial charge in [-0.3, -0.25) is 0 Å². The molecule has 0 aliphatic heterocycles. The molecule has 0 radical (unpaired) electrons. The summed E-state index contributed by atoms with van der Waals surface area (Å²) in [4.78, 5) is 5.89. The Morgan fingerprint density at radius 1 is 1.17 bits per heavy atom. The van der Waals surface area contributed by atoms with Crippen molar-refractivity contribution in [1.82, 2.24) is 9.88 Å². The molecule has 98 valence electrons. The van der Waals surface area contributed by atoms with Crippen LogP contribution in [0.5, 0.6) is 0 Å². The first-order valence-electron chi connectivity index (χ1n) is 7.03. The normalized spacial score (nSPS) is 11.6. The third-order valence-corrected chi connectivity index (χ3v) is 3.61. The highest BCUT2D eigenvalue weighted by atomic mass is 15.1. The molecule has 1 aromatic heterocycles. The van der Waals surface area contributed by atoms with Crippen LogP contribution in [0.4, 0.5) is 0 Å². The molecular weight excluding hydrogens is 220 g/mol. The molecule has 1 aromatic carbocycles. The van der Waals surface area contributed by atoms with Crippen LogP contribution in [0.25, 0.3) is 10.9 Å². The van der Waals surface area contributed by atoms with Crippen molar-refractivity contribution in [3.05, 3.63) is 35.5 Å². The number of fused-ring (bicyclic) bond motifs is 1. The van der Waals surface area contributed by atoms with Crippen LogP contribution in [0.1, 0.15) is 31.4 Å². The summed E-state index contributed by atoms with van der Waals surface area (Å²) in [5, 5.41) is 1.39. The predicted molar refractivity (Wildman–Crippen MR) is 79.1 cm³/mol. The van der Waals surface area contributed by atoms with E-state index >= 15 is 0 Å². The molecule has 2 nitrogen and oxygen atoms in total. The second-order valence-corrected chi connectivity index (χ2v) is 5.05. The molecule has 0 unspecified atom stereocenters. The summed E-state index contributed by atoms with van der Waals surface area (Å²) in [5.74, 6) is 0. The standard InChI is InChI=1S/C16H24N2/c1-4-9-18(5-2)10-8-14-12-17-16-7-6-13(3)11-15(14)16/h6-7,11-12,17H,4-5,8-10H2,1-3H3. The Kier molecular flexibility index (Phi) is 4.43. The number of nitrogens with one attached hydrogen (secondary N) is 1. The molecule has 2 rings (SSSR count). The Bertz CT molecular complexity index is 499. The first-order chi connectivity index (χ1) is 8.74. The molecule has 0 bridgehead atoms. The SMILES string of the molecule is CCCN(CC)CCc1c[nH]c2ccc(C)cc12. The number of hydrogen-bond donors (Lipinski definition) is 1. The fourth-order valence-corrected chi connectivity index (χ4v) is 2.52. The molecule has 0 amide bonds. The second kappa shape index (κ2) is 6.05. The lowest BCUT2D eigenvalue weighted by atomic mass is 10.1.